The van der Waals surface area contributed by atoms with Crippen LogP contribution >= 0.6 is 0 Å². The van der Waals surface area contributed by atoms with Crippen LogP contribution in [-0.4, -0.2) is 35.5 Å². The van der Waals surface area contributed by atoms with Crippen LogP contribution in [0.25, 0.3) is 11.3 Å². The Morgan fingerprint density at radius 2 is 2.18 bits per heavy atom. The van der Waals surface area contributed by atoms with E-state index in [0.29, 0.717) is 17.4 Å². The molecule has 116 valence electrons. The van der Waals surface area contributed by atoms with Gasteiger partial charge < -0.3 is 9.73 Å². The van der Waals surface area contributed by atoms with Crippen LogP contribution in [0.5, 0.6) is 0 Å². The number of furan rings is 1. The molecule has 1 aliphatic rings. The Morgan fingerprint density at radius 1 is 1.36 bits per heavy atom. The smallest absolute Gasteiger partial charge is 0.280 e. The van der Waals surface area contributed by atoms with Crippen molar-refractivity contribution in [1.29, 1.82) is 0 Å². The van der Waals surface area contributed by atoms with Gasteiger partial charge in [0.2, 0.25) is 0 Å². The van der Waals surface area contributed by atoms with Crippen molar-refractivity contribution in [3.05, 3.63) is 52.3 Å². The molecule has 6 heteroatoms. The first-order chi connectivity index (χ1) is 10.6. The van der Waals surface area contributed by atoms with Gasteiger partial charge in [-0.05, 0) is 25.1 Å². The van der Waals surface area contributed by atoms with Crippen molar-refractivity contribution in [3.63, 3.8) is 0 Å². The summed E-state index contributed by atoms with van der Waals surface area (Å²) >= 11 is 0. The SMILES string of the molecule is CC1CN(Cc2ccc(-c3ccccc3[N+](=O)[O-])o2)CCN1. The highest BCUT2D eigenvalue weighted by molar-refractivity contribution is 5.69. The summed E-state index contributed by atoms with van der Waals surface area (Å²) in [7, 11) is 0. The monoisotopic (exact) mass is 301 g/mol. The molecule has 2 aromatic rings. The zero-order valence-electron chi connectivity index (χ0n) is 12.5. The average Bonchev–Trinajstić information content (AvgIpc) is 2.95. The van der Waals surface area contributed by atoms with Crippen LogP contribution in [0.3, 0.4) is 0 Å². The van der Waals surface area contributed by atoms with E-state index in [9.17, 15) is 10.1 Å². The topological polar surface area (TPSA) is 71.5 Å². The first kappa shape index (κ1) is 14.7. The predicted molar refractivity (Wildman–Crippen MR) is 83.5 cm³/mol. The lowest BCUT2D eigenvalue weighted by atomic mass is 10.1. The molecule has 1 aromatic carbocycles. The number of nitrogens with zero attached hydrogens (tertiary/aromatic N) is 2. The Morgan fingerprint density at radius 3 is 2.95 bits per heavy atom. The molecule has 6 nitrogen and oxygen atoms in total. The molecule has 3 rings (SSSR count). The van der Waals surface area contributed by atoms with Crippen LogP contribution in [0.1, 0.15) is 12.7 Å². The second kappa shape index (κ2) is 6.29. The van der Waals surface area contributed by atoms with Crippen molar-refractivity contribution in [1.82, 2.24) is 10.2 Å². The van der Waals surface area contributed by atoms with Crippen molar-refractivity contribution in [3.8, 4) is 11.3 Å². The van der Waals surface area contributed by atoms with E-state index in [1.807, 2.05) is 12.1 Å². The van der Waals surface area contributed by atoms with E-state index >= 15 is 0 Å². The number of nitro groups is 1. The van der Waals surface area contributed by atoms with Crippen molar-refractivity contribution >= 4 is 5.69 Å². The lowest BCUT2D eigenvalue weighted by Gasteiger charge is -2.31. The van der Waals surface area contributed by atoms with E-state index in [2.05, 4.69) is 17.1 Å². The van der Waals surface area contributed by atoms with Gasteiger partial charge in [0.05, 0.1) is 17.0 Å². The number of hydrogen-bond acceptors (Lipinski definition) is 5. The highest BCUT2D eigenvalue weighted by Crippen LogP contribution is 2.31. The molecule has 1 aromatic heterocycles. The van der Waals surface area contributed by atoms with Crippen LogP contribution < -0.4 is 5.32 Å². The fraction of sp³-hybridized carbons (Fsp3) is 0.375. The number of hydrogen-bond donors (Lipinski definition) is 1. The summed E-state index contributed by atoms with van der Waals surface area (Å²) in [5.74, 6) is 1.38. The summed E-state index contributed by atoms with van der Waals surface area (Å²) in [6, 6.07) is 10.8. The summed E-state index contributed by atoms with van der Waals surface area (Å²) in [5, 5.41) is 14.5. The van der Waals surface area contributed by atoms with Gasteiger partial charge in [-0.1, -0.05) is 12.1 Å². The molecule has 0 saturated carbocycles. The Balaban J connectivity index is 1.78. The van der Waals surface area contributed by atoms with E-state index in [1.54, 1.807) is 18.2 Å². The highest BCUT2D eigenvalue weighted by Gasteiger charge is 2.19. The average molecular weight is 301 g/mol. The molecule has 2 heterocycles. The molecule has 0 spiro atoms. The van der Waals surface area contributed by atoms with E-state index < -0.39 is 0 Å². The minimum atomic E-state index is -0.379. The van der Waals surface area contributed by atoms with Crippen LogP contribution in [0, 0.1) is 10.1 Å². The number of para-hydroxylation sites is 1. The van der Waals surface area contributed by atoms with Crippen molar-refractivity contribution in [2.75, 3.05) is 19.6 Å². The minimum absolute atomic E-state index is 0.0687. The maximum Gasteiger partial charge on any atom is 0.280 e. The maximum atomic E-state index is 11.1. The van der Waals surface area contributed by atoms with Crippen molar-refractivity contribution in [2.24, 2.45) is 0 Å². The standard InChI is InChI=1S/C16H19N3O3/c1-12-10-18(9-8-17-12)11-13-6-7-16(22-13)14-4-2-3-5-15(14)19(20)21/h2-7,12,17H,8-11H2,1H3. The Hall–Kier alpha value is -2.18. The van der Waals surface area contributed by atoms with Crippen molar-refractivity contribution in [2.45, 2.75) is 19.5 Å². The van der Waals surface area contributed by atoms with E-state index in [0.717, 1.165) is 31.9 Å². The third-order valence-electron chi connectivity index (χ3n) is 3.86. The van der Waals surface area contributed by atoms with Gasteiger partial charge in [0.15, 0.2) is 0 Å². The third kappa shape index (κ3) is 3.18. The zero-order chi connectivity index (χ0) is 15.5. The molecule has 0 bridgehead atoms. The maximum absolute atomic E-state index is 11.1. The van der Waals surface area contributed by atoms with Gasteiger partial charge >= 0.3 is 0 Å². The quantitative estimate of drug-likeness (QED) is 0.694. The Labute approximate surface area is 128 Å². The molecular weight excluding hydrogens is 282 g/mol. The van der Waals surface area contributed by atoms with E-state index in [1.165, 1.54) is 6.07 Å². The van der Waals surface area contributed by atoms with Gasteiger partial charge in [-0.3, -0.25) is 15.0 Å². The molecule has 1 unspecified atom stereocenters. The van der Waals surface area contributed by atoms with E-state index in [4.69, 9.17) is 4.42 Å². The van der Waals surface area contributed by atoms with Gasteiger partial charge in [0.1, 0.15) is 11.5 Å². The Bertz CT molecular complexity index is 668. The lowest BCUT2D eigenvalue weighted by Crippen LogP contribution is -2.48. The number of piperazine rings is 1. The summed E-state index contributed by atoms with van der Waals surface area (Å²) < 4.78 is 5.83. The molecule has 1 saturated heterocycles. The predicted octanol–water partition coefficient (Wildman–Crippen LogP) is 2.65. The normalized spacial score (nSPS) is 19.2. The largest absolute Gasteiger partial charge is 0.459 e. The second-order valence-electron chi connectivity index (χ2n) is 5.63. The summed E-state index contributed by atoms with van der Waals surface area (Å²) in [5.41, 5.74) is 0.589. The van der Waals surface area contributed by atoms with Crippen LogP contribution in [0.15, 0.2) is 40.8 Å². The van der Waals surface area contributed by atoms with Crippen LogP contribution in [0.2, 0.25) is 0 Å². The molecule has 1 aliphatic heterocycles. The molecule has 0 aliphatic carbocycles. The van der Waals surface area contributed by atoms with E-state index in [-0.39, 0.29) is 10.6 Å². The van der Waals surface area contributed by atoms with Gasteiger partial charge in [0, 0.05) is 31.7 Å². The highest BCUT2D eigenvalue weighted by atomic mass is 16.6. The summed E-state index contributed by atoms with van der Waals surface area (Å²) in [6.45, 7) is 5.81. The molecule has 0 radical (unpaired) electrons. The van der Waals surface area contributed by atoms with Crippen LogP contribution in [0.4, 0.5) is 5.69 Å². The number of nitrogens with one attached hydrogen (secondary N) is 1. The minimum Gasteiger partial charge on any atom is -0.459 e. The second-order valence-corrected chi connectivity index (χ2v) is 5.63. The van der Waals surface area contributed by atoms with Crippen LogP contribution in [-0.2, 0) is 6.54 Å². The number of benzene rings is 1. The third-order valence-corrected chi connectivity index (χ3v) is 3.86. The molecule has 1 atom stereocenters. The first-order valence-electron chi connectivity index (χ1n) is 7.42. The first-order valence-corrected chi connectivity index (χ1v) is 7.42. The van der Waals surface area contributed by atoms with Gasteiger partial charge in [0.25, 0.3) is 5.69 Å². The Kier molecular flexibility index (Phi) is 4.22. The fourth-order valence-electron chi connectivity index (χ4n) is 2.83. The molecule has 0 amide bonds. The summed E-state index contributed by atoms with van der Waals surface area (Å²) in [6.07, 6.45) is 0. The fourth-order valence-corrected chi connectivity index (χ4v) is 2.83. The van der Waals surface area contributed by atoms with Crippen molar-refractivity contribution < 1.29 is 9.34 Å². The van der Waals surface area contributed by atoms with Gasteiger partial charge in [-0.2, -0.15) is 0 Å². The van der Waals surface area contributed by atoms with Gasteiger partial charge in [-0.15, -0.1) is 0 Å². The lowest BCUT2D eigenvalue weighted by molar-refractivity contribution is -0.384. The molecular formula is C16H19N3O3. The number of rotatable bonds is 4. The summed E-state index contributed by atoms with van der Waals surface area (Å²) in [4.78, 5) is 13.0. The zero-order valence-corrected chi connectivity index (χ0v) is 12.5. The molecule has 22 heavy (non-hydrogen) atoms. The molecule has 1 N–H and O–H groups in total. The number of nitro benzene ring substituents is 1. The molecule has 1 fully saturated rings. The van der Waals surface area contributed by atoms with Gasteiger partial charge in [-0.25, -0.2) is 0 Å².